The van der Waals surface area contributed by atoms with Gasteiger partial charge in [-0.3, -0.25) is 9.59 Å². The van der Waals surface area contributed by atoms with E-state index in [-0.39, 0.29) is 19.1 Å². The Labute approximate surface area is 187 Å². The number of carboxylic acid groups (broad SMARTS) is 1. The molecule has 0 unspecified atom stereocenters. The van der Waals surface area contributed by atoms with Crippen molar-refractivity contribution < 1.29 is 24.2 Å². The van der Waals surface area contributed by atoms with E-state index in [9.17, 15) is 14.4 Å². The van der Waals surface area contributed by atoms with Gasteiger partial charge in [-0.2, -0.15) is 0 Å². The van der Waals surface area contributed by atoms with Crippen molar-refractivity contribution in [3.8, 4) is 23.0 Å². The Hall–Kier alpha value is -3.79. The summed E-state index contributed by atoms with van der Waals surface area (Å²) in [6, 6.07) is 16.1. The van der Waals surface area contributed by atoms with E-state index in [0.717, 1.165) is 27.2 Å². The molecule has 2 aromatic carbocycles. The highest BCUT2D eigenvalue weighted by molar-refractivity contribution is 5.95. The highest BCUT2D eigenvalue weighted by Crippen LogP contribution is 2.44. The lowest BCUT2D eigenvalue weighted by Crippen LogP contribution is -2.47. The van der Waals surface area contributed by atoms with Crippen molar-refractivity contribution in [2.24, 2.45) is 0 Å². The Kier molecular flexibility index (Phi) is 6.84. The fraction of sp³-hybridized carbons (Fsp3) is 0.320. The second kappa shape index (κ2) is 9.56. The van der Waals surface area contributed by atoms with Crippen molar-refractivity contribution in [3.63, 3.8) is 0 Å². The molecule has 0 atom stereocenters. The van der Waals surface area contributed by atoms with E-state index in [1.165, 1.54) is 0 Å². The SMILES string of the molecule is CC(C)(C)N(CC(=O)O)C(=O)C#CCNC(=O)OCC1c2ccccc2-c2ccccc21. The summed E-state index contributed by atoms with van der Waals surface area (Å²) in [5.41, 5.74) is 3.84. The van der Waals surface area contributed by atoms with Crippen LogP contribution in [0, 0.1) is 11.8 Å². The molecule has 1 aliphatic carbocycles. The number of carboxylic acids is 1. The molecule has 0 heterocycles. The zero-order valence-corrected chi connectivity index (χ0v) is 18.3. The number of benzene rings is 2. The maximum absolute atomic E-state index is 12.2. The molecule has 2 amide bonds. The normalized spacial score (nSPS) is 12.1. The molecule has 0 aliphatic heterocycles. The molecule has 1 aliphatic rings. The molecule has 0 spiro atoms. The van der Waals surface area contributed by atoms with Crippen LogP contribution in [0.3, 0.4) is 0 Å². The first kappa shape index (κ1) is 22.9. The predicted octanol–water partition coefficient (Wildman–Crippen LogP) is 3.24. The van der Waals surface area contributed by atoms with E-state index >= 15 is 0 Å². The maximum Gasteiger partial charge on any atom is 0.407 e. The van der Waals surface area contributed by atoms with Gasteiger partial charge in [0.1, 0.15) is 13.2 Å². The van der Waals surface area contributed by atoms with Crippen molar-refractivity contribution in [1.29, 1.82) is 0 Å². The Morgan fingerprint density at radius 3 is 2.12 bits per heavy atom. The molecule has 0 saturated carbocycles. The standard InChI is InChI=1S/C25H26N2O5/c1-25(2,3)27(15-23(29)30)22(28)13-8-14-26-24(31)32-16-21-19-11-6-4-9-17(19)18-10-5-7-12-20(18)21/h4-7,9-12,21H,14-16H2,1-3H3,(H,26,31)(H,29,30). The predicted molar refractivity (Wildman–Crippen MR) is 120 cm³/mol. The molecule has 32 heavy (non-hydrogen) atoms. The largest absolute Gasteiger partial charge is 0.480 e. The van der Waals surface area contributed by atoms with Gasteiger partial charge in [0.05, 0.1) is 6.54 Å². The second-order valence-electron chi connectivity index (χ2n) is 8.44. The third-order valence-corrected chi connectivity index (χ3v) is 5.21. The number of fused-ring (bicyclic) bond motifs is 3. The van der Waals surface area contributed by atoms with Gasteiger partial charge in [-0.05, 0) is 48.9 Å². The highest BCUT2D eigenvalue weighted by atomic mass is 16.5. The number of carbonyl (C=O) groups excluding carboxylic acids is 2. The molecule has 0 aromatic heterocycles. The summed E-state index contributed by atoms with van der Waals surface area (Å²) >= 11 is 0. The molecule has 3 rings (SSSR count). The molecule has 0 saturated heterocycles. The number of aliphatic carboxylic acids is 1. The lowest BCUT2D eigenvalue weighted by Gasteiger charge is -2.32. The number of nitrogens with zero attached hydrogens (tertiary/aromatic N) is 1. The van der Waals surface area contributed by atoms with Crippen LogP contribution in [0.15, 0.2) is 48.5 Å². The smallest absolute Gasteiger partial charge is 0.407 e. The van der Waals surface area contributed by atoms with Crippen LogP contribution in [0.25, 0.3) is 11.1 Å². The van der Waals surface area contributed by atoms with Gasteiger partial charge in [0, 0.05) is 11.5 Å². The van der Waals surface area contributed by atoms with Gasteiger partial charge in [0.2, 0.25) is 0 Å². The molecule has 0 fully saturated rings. The first-order chi connectivity index (χ1) is 15.2. The van der Waals surface area contributed by atoms with Crippen LogP contribution in [0.4, 0.5) is 4.79 Å². The van der Waals surface area contributed by atoms with Gasteiger partial charge in [-0.1, -0.05) is 54.5 Å². The van der Waals surface area contributed by atoms with Crippen molar-refractivity contribution in [2.45, 2.75) is 32.2 Å². The summed E-state index contributed by atoms with van der Waals surface area (Å²) in [6.07, 6.45) is -0.633. The molecule has 7 nitrogen and oxygen atoms in total. The molecule has 2 aromatic rings. The van der Waals surface area contributed by atoms with Crippen molar-refractivity contribution in [1.82, 2.24) is 10.2 Å². The molecule has 0 radical (unpaired) electrons. The fourth-order valence-corrected chi connectivity index (χ4v) is 3.70. The average Bonchev–Trinajstić information content (AvgIpc) is 3.06. The molecular formula is C25H26N2O5. The van der Waals surface area contributed by atoms with Crippen molar-refractivity contribution >= 4 is 18.0 Å². The van der Waals surface area contributed by atoms with Crippen LogP contribution in [-0.4, -0.2) is 53.2 Å². The minimum atomic E-state index is -1.12. The zero-order chi connectivity index (χ0) is 23.3. The number of alkyl carbamates (subject to hydrolysis) is 1. The Bertz CT molecular complexity index is 1050. The highest BCUT2D eigenvalue weighted by Gasteiger charge is 2.29. The lowest BCUT2D eigenvalue weighted by molar-refractivity contribution is -0.145. The van der Waals surface area contributed by atoms with Crippen LogP contribution in [0.2, 0.25) is 0 Å². The summed E-state index contributed by atoms with van der Waals surface area (Å²) in [5.74, 6) is 3.15. The van der Waals surface area contributed by atoms with Gasteiger partial charge >= 0.3 is 12.1 Å². The number of carbonyl (C=O) groups is 3. The van der Waals surface area contributed by atoms with E-state index < -0.39 is 30.1 Å². The topological polar surface area (TPSA) is 95.9 Å². The Balaban J connectivity index is 1.55. The van der Waals surface area contributed by atoms with E-state index in [4.69, 9.17) is 9.84 Å². The maximum atomic E-state index is 12.2. The molecule has 7 heteroatoms. The van der Waals surface area contributed by atoms with Crippen molar-refractivity contribution in [3.05, 3.63) is 59.7 Å². The third kappa shape index (κ3) is 5.27. The lowest BCUT2D eigenvalue weighted by atomic mass is 9.98. The summed E-state index contributed by atoms with van der Waals surface area (Å²) in [4.78, 5) is 36.5. The van der Waals surface area contributed by atoms with Crippen LogP contribution < -0.4 is 5.32 Å². The Morgan fingerprint density at radius 2 is 1.59 bits per heavy atom. The molecule has 2 N–H and O–H groups in total. The summed E-state index contributed by atoms with van der Waals surface area (Å²) in [6.45, 7) is 4.83. The van der Waals surface area contributed by atoms with Gasteiger partial charge < -0.3 is 20.1 Å². The number of hydrogen-bond acceptors (Lipinski definition) is 4. The van der Waals surface area contributed by atoms with Gasteiger partial charge in [-0.25, -0.2) is 4.79 Å². The van der Waals surface area contributed by atoms with Gasteiger partial charge in [0.25, 0.3) is 5.91 Å². The number of hydrogen-bond donors (Lipinski definition) is 2. The fourth-order valence-electron chi connectivity index (χ4n) is 3.70. The summed E-state index contributed by atoms with van der Waals surface area (Å²) in [7, 11) is 0. The zero-order valence-electron chi connectivity index (χ0n) is 18.3. The molecule has 166 valence electrons. The first-order valence-corrected chi connectivity index (χ1v) is 10.3. The van der Waals surface area contributed by atoms with Crippen LogP contribution in [0.1, 0.15) is 37.8 Å². The number of ether oxygens (including phenoxy) is 1. The van der Waals surface area contributed by atoms with Crippen molar-refractivity contribution in [2.75, 3.05) is 19.7 Å². The second-order valence-corrected chi connectivity index (χ2v) is 8.44. The number of nitrogens with one attached hydrogen (secondary N) is 1. The van der Waals surface area contributed by atoms with Crippen LogP contribution >= 0.6 is 0 Å². The van der Waals surface area contributed by atoms with E-state index in [1.54, 1.807) is 20.8 Å². The minimum Gasteiger partial charge on any atom is -0.480 e. The van der Waals surface area contributed by atoms with E-state index in [2.05, 4.69) is 29.3 Å². The van der Waals surface area contributed by atoms with Gasteiger partial charge in [-0.15, -0.1) is 0 Å². The van der Waals surface area contributed by atoms with E-state index in [0.29, 0.717) is 0 Å². The quantitative estimate of drug-likeness (QED) is 0.705. The third-order valence-electron chi connectivity index (χ3n) is 5.21. The van der Waals surface area contributed by atoms with E-state index in [1.807, 2.05) is 36.4 Å². The molecule has 0 bridgehead atoms. The Morgan fingerprint density at radius 1 is 1.03 bits per heavy atom. The number of amides is 2. The monoisotopic (exact) mass is 434 g/mol. The average molecular weight is 434 g/mol. The summed E-state index contributed by atoms with van der Waals surface area (Å²) < 4.78 is 5.41. The first-order valence-electron chi connectivity index (χ1n) is 10.3. The number of rotatable bonds is 5. The van der Waals surface area contributed by atoms with Crippen LogP contribution in [-0.2, 0) is 14.3 Å². The minimum absolute atomic E-state index is 0.0443. The van der Waals surface area contributed by atoms with Crippen LogP contribution in [0.5, 0.6) is 0 Å². The molecular weight excluding hydrogens is 408 g/mol. The summed E-state index contributed by atoms with van der Waals surface area (Å²) in [5, 5.41) is 11.5. The van der Waals surface area contributed by atoms with Gasteiger partial charge in [0.15, 0.2) is 0 Å².